The van der Waals surface area contributed by atoms with Gasteiger partial charge in [-0.2, -0.15) is 11.3 Å². The molecule has 226 valence electrons. The third kappa shape index (κ3) is 8.38. The van der Waals surface area contributed by atoms with E-state index in [0.29, 0.717) is 11.3 Å². The van der Waals surface area contributed by atoms with Crippen molar-refractivity contribution in [2.75, 3.05) is 10.6 Å². The number of carbonyl (C=O) groups is 3. The molecule has 0 saturated carbocycles. The van der Waals surface area contributed by atoms with Crippen molar-refractivity contribution >= 4 is 58.3 Å². The molecule has 3 N–H and O–H groups in total. The average Bonchev–Trinajstić information content (AvgIpc) is 3.58. The molecular weight excluding hydrogens is 599 g/mol. The summed E-state index contributed by atoms with van der Waals surface area (Å²) in [5.74, 6) is -0.973. The summed E-state index contributed by atoms with van der Waals surface area (Å²) in [6, 6.07) is 33.7. The van der Waals surface area contributed by atoms with Gasteiger partial charge in [0.2, 0.25) is 5.91 Å². The Kier molecular flexibility index (Phi) is 10.6. The summed E-state index contributed by atoms with van der Waals surface area (Å²) in [6.07, 6.45) is 2.45. The lowest BCUT2D eigenvalue weighted by Crippen LogP contribution is -2.30. The average molecular weight is 632 g/mol. The Morgan fingerprint density at radius 1 is 0.844 bits per heavy atom. The Morgan fingerprint density at radius 3 is 2.29 bits per heavy atom. The van der Waals surface area contributed by atoms with Crippen molar-refractivity contribution < 1.29 is 14.4 Å². The van der Waals surface area contributed by atoms with E-state index >= 15 is 0 Å². The Balaban J connectivity index is 1.37. The number of aryl methyl sites for hydroxylation is 2. The van der Waals surface area contributed by atoms with Gasteiger partial charge < -0.3 is 16.0 Å². The summed E-state index contributed by atoms with van der Waals surface area (Å²) in [4.78, 5) is 41.1. The molecule has 0 aliphatic rings. The molecule has 0 bridgehead atoms. The van der Waals surface area contributed by atoms with Gasteiger partial charge in [-0.05, 0) is 88.8 Å². The van der Waals surface area contributed by atoms with Crippen LogP contribution in [0.1, 0.15) is 44.8 Å². The van der Waals surface area contributed by atoms with Crippen molar-refractivity contribution in [3.63, 3.8) is 0 Å². The van der Waals surface area contributed by atoms with E-state index in [1.165, 1.54) is 23.1 Å². The quantitative estimate of drug-likeness (QED) is 0.101. The lowest BCUT2D eigenvalue weighted by atomic mass is 10.1. The first-order chi connectivity index (χ1) is 21.9. The van der Waals surface area contributed by atoms with Gasteiger partial charge in [-0.3, -0.25) is 14.4 Å². The van der Waals surface area contributed by atoms with Gasteiger partial charge in [0.1, 0.15) is 10.9 Å². The predicted molar refractivity (Wildman–Crippen MR) is 186 cm³/mol. The maximum atomic E-state index is 13.8. The van der Waals surface area contributed by atoms with E-state index in [4.69, 9.17) is 0 Å². The number of benzene rings is 4. The first-order valence-electron chi connectivity index (χ1n) is 14.5. The molecule has 0 spiro atoms. The molecule has 3 amide bonds. The molecule has 4 aromatic carbocycles. The highest BCUT2D eigenvalue weighted by Crippen LogP contribution is 2.38. The summed E-state index contributed by atoms with van der Waals surface area (Å²) >= 11 is 2.90. The highest BCUT2D eigenvalue weighted by molar-refractivity contribution is 8.00. The standard InChI is InChI=1S/C37H33N3O3S2/c1-3-27-17-10-12-25(2)33(27)40-37(43)34(28-13-6-4-7-14-28)45-31-19-11-18-30(23-31)38-36(42)32(22-26-20-21-44-24-26)39-35(41)29-15-8-5-9-16-29/h4-24,34H,3H2,1-2H3,(H,38,42)(H,39,41)(H,40,43)/b32-22-. The molecule has 1 heterocycles. The van der Waals surface area contributed by atoms with Gasteiger partial charge >= 0.3 is 0 Å². The topological polar surface area (TPSA) is 87.3 Å². The number of hydrogen-bond acceptors (Lipinski definition) is 5. The second-order valence-corrected chi connectivity index (χ2v) is 12.2. The minimum atomic E-state index is -0.541. The smallest absolute Gasteiger partial charge is 0.272 e. The molecule has 0 fully saturated rings. The highest BCUT2D eigenvalue weighted by Gasteiger charge is 2.24. The van der Waals surface area contributed by atoms with Crippen molar-refractivity contribution in [1.82, 2.24) is 5.32 Å². The van der Waals surface area contributed by atoms with Crippen LogP contribution in [0.15, 0.2) is 131 Å². The summed E-state index contributed by atoms with van der Waals surface area (Å²) in [5, 5.41) is 12.1. The van der Waals surface area contributed by atoms with Crippen LogP contribution in [-0.2, 0) is 16.0 Å². The molecular formula is C37H33N3O3S2. The Labute approximate surface area is 271 Å². The predicted octanol–water partition coefficient (Wildman–Crippen LogP) is 8.50. The van der Waals surface area contributed by atoms with Crippen molar-refractivity contribution in [1.29, 1.82) is 0 Å². The van der Waals surface area contributed by atoms with E-state index in [2.05, 4.69) is 22.9 Å². The Hall–Kier alpha value is -4.92. The van der Waals surface area contributed by atoms with Gasteiger partial charge in [0.05, 0.1) is 0 Å². The van der Waals surface area contributed by atoms with E-state index in [-0.39, 0.29) is 17.5 Å². The monoisotopic (exact) mass is 631 g/mol. The van der Waals surface area contributed by atoms with Crippen LogP contribution in [0.3, 0.4) is 0 Å². The fourth-order valence-corrected chi connectivity index (χ4v) is 6.44. The number of hydrogen-bond donors (Lipinski definition) is 3. The van der Waals surface area contributed by atoms with Crippen molar-refractivity contribution in [2.45, 2.75) is 30.4 Å². The molecule has 5 aromatic rings. The fraction of sp³-hybridized carbons (Fsp3) is 0.108. The SMILES string of the molecule is CCc1cccc(C)c1NC(=O)C(Sc1cccc(NC(=O)/C(=C/c2ccsc2)NC(=O)c2ccccc2)c1)c1ccccc1. The number of para-hydroxylation sites is 1. The van der Waals surface area contributed by atoms with Crippen LogP contribution >= 0.6 is 23.1 Å². The lowest BCUT2D eigenvalue weighted by molar-refractivity contribution is -0.116. The number of rotatable bonds is 11. The molecule has 0 radical (unpaired) electrons. The summed E-state index contributed by atoms with van der Waals surface area (Å²) in [5.41, 5.74) is 5.70. The van der Waals surface area contributed by atoms with Crippen LogP contribution in [0.25, 0.3) is 6.08 Å². The van der Waals surface area contributed by atoms with Gasteiger partial charge in [0, 0.05) is 21.8 Å². The van der Waals surface area contributed by atoms with Gasteiger partial charge in [0.15, 0.2) is 0 Å². The first-order valence-corrected chi connectivity index (χ1v) is 16.4. The first kappa shape index (κ1) is 31.5. The Bertz CT molecular complexity index is 1800. The molecule has 1 aromatic heterocycles. The van der Waals surface area contributed by atoms with Crippen LogP contribution < -0.4 is 16.0 Å². The van der Waals surface area contributed by atoms with E-state index in [0.717, 1.165) is 39.3 Å². The van der Waals surface area contributed by atoms with Crippen LogP contribution in [-0.4, -0.2) is 17.7 Å². The number of anilines is 2. The normalized spacial score (nSPS) is 11.8. The van der Waals surface area contributed by atoms with E-state index in [1.54, 1.807) is 36.4 Å². The molecule has 5 rings (SSSR count). The molecule has 1 atom stereocenters. The van der Waals surface area contributed by atoms with Crippen LogP contribution in [0.4, 0.5) is 11.4 Å². The molecule has 45 heavy (non-hydrogen) atoms. The van der Waals surface area contributed by atoms with E-state index in [1.807, 2.05) is 96.5 Å². The molecule has 0 saturated heterocycles. The molecule has 0 aliphatic heterocycles. The third-order valence-corrected chi connectivity index (χ3v) is 9.01. The second-order valence-electron chi connectivity index (χ2n) is 10.3. The largest absolute Gasteiger partial charge is 0.324 e. The zero-order valence-electron chi connectivity index (χ0n) is 25.0. The zero-order chi connectivity index (χ0) is 31.6. The van der Waals surface area contributed by atoms with Crippen molar-refractivity contribution in [2.24, 2.45) is 0 Å². The highest BCUT2D eigenvalue weighted by atomic mass is 32.2. The van der Waals surface area contributed by atoms with Gasteiger partial charge in [-0.1, -0.05) is 79.7 Å². The van der Waals surface area contributed by atoms with Gasteiger partial charge in [-0.15, -0.1) is 11.8 Å². The minimum Gasteiger partial charge on any atom is -0.324 e. The van der Waals surface area contributed by atoms with Crippen molar-refractivity contribution in [3.05, 3.63) is 153 Å². The molecule has 0 aliphatic carbocycles. The van der Waals surface area contributed by atoms with Crippen molar-refractivity contribution in [3.8, 4) is 0 Å². The van der Waals surface area contributed by atoms with Gasteiger partial charge in [-0.25, -0.2) is 0 Å². The summed E-state index contributed by atoms with van der Waals surface area (Å²) < 4.78 is 0. The lowest BCUT2D eigenvalue weighted by Gasteiger charge is -2.20. The number of nitrogens with one attached hydrogen (secondary N) is 3. The number of thioether (sulfide) groups is 1. The number of amides is 3. The molecule has 1 unspecified atom stereocenters. The number of thiophene rings is 1. The van der Waals surface area contributed by atoms with Crippen LogP contribution in [0.5, 0.6) is 0 Å². The third-order valence-electron chi connectivity index (χ3n) is 7.06. The maximum absolute atomic E-state index is 13.8. The maximum Gasteiger partial charge on any atom is 0.272 e. The van der Waals surface area contributed by atoms with E-state index < -0.39 is 11.2 Å². The van der Waals surface area contributed by atoms with E-state index in [9.17, 15) is 14.4 Å². The van der Waals surface area contributed by atoms with Gasteiger partial charge in [0.25, 0.3) is 11.8 Å². The minimum absolute atomic E-state index is 0.117. The second kappa shape index (κ2) is 15.2. The molecule has 8 heteroatoms. The fourth-order valence-electron chi connectivity index (χ4n) is 4.74. The summed E-state index contributed by atoms with van der Waals surface area (Å²) in [7, 11) is 0. The number of carbonyl (C=O) groups excluding carboxylic acids is 3. The molecule has 6 nitrogen and oxygen atoms in total. The zero-order valence-corrected chi connectivity index (χ0v) is 26.6. The Morgan fingerprint density at radius 2 is 1.58 bits per heavy atom. The summed E-state index contributed by atoms with van der Waals surface area (Å²) in [6.45, 7) is 4.07. The van der Waals surface area contributed by atoms with Crippen LogP contribution in [0.2, 0.25) is 0 Å². The van der Waals surface area contributed by atoms with Crippen LogP contribution in [0, 0.1) is 6.92 Å².